The first-order chi connectivity index (χ1) is 19.1. The van der Waals surface area contributed by atoms with Crippen LogP contribution in [-0.4, -0.2) is 81.0 Å². The highest BCUT2D eigenvalue weighted by Gasteiger charge is 2.20. The monoisotopic (exact) mass is 532 g/mol. The summed E-state index contributed by atoms with van der Waals surface area (Å²) in [4.78, 5) is 28.1. The van der Waals surface area contributed by atoms with Crippen LogP contribution in [0.1, 0.15) is 12.8 Å². The lowest BCUT2D eigenvalue weighted by atomic mass is 10.1. The summed E-state index contributed by atoms with van der Waals surface area (Å²) in [5.74, 6) is 0.519. The van der Waals surface area contributed by atoms with Crippen molar-refractivity contribution in [3.05, 3.63) is 54.9 Å². The Kier molecular flexibility index (Phi) is 7.28. The Morgan fingerprint density at radius 3 is 2.85 bits per heavy atom. The Morgan fingerprint density at radius 1 is 1.15 bits per heavy atom. The van der Waals surface area contributed by atoms with E-state index in [4.69, 9.17) is 14.5 Å². The molecule has 0 atom stereocenters. The maximum atomic E-state index is 14.1. The zero-order valence-corrected chi connectivity index (χ0v) is 21.3. The van der Waals surface area contributed by atoms with Crippen molar-refractivity contribution in [1.29, 1.82) is 0 Å². The highest BCUT2D eigenvalue weighted by atomic mass is 19.1. The Labute approximate surface area is 224 Å². The average Bonchev–Trinajstić information content (AvgIpc) is 3.44. The molecule has 0 spiro atoms. The zero-order valence-electron chi connectivity index (χ0n) is 21.3. The van der Waals surface area contributed by atoms with Crippen LogP contribution in [0.15, 0.2) is 49.1 Å². The SMILES string of the molecule is O=C(Cn1cc(-c2ccc3ncnc(Nc4ccc(F)cc4OC4CCOCC4)c3n2)cn1)N1CCNCC1. The van der Waals surface area contributed by atoms with Crippen molar-refractivity contribution in [2.45, 2.75) is 25.5 Å². The van der Waals surface area contributed by atoms with Gasteiger partial charge in [-0.05, 0) is 24.3 Å². The van der Waals surface area contributed by atoms with Gasteiger partial charge in [0.15, 0.2) is 5.82 Å². The second kappa shape index (κ2) is 11.3. The largest absolute Gasteiger partial charge is 0.488 e. The number of aromatic nitrogens is 5. The topological polar surface area (TPSA) is 119 Å². The third kappa shape index (κ3) is 5.81. The van der Waals surface area contributed by atoms with Gasteiger partial charge in [0.05, 0.1) is 36.3 Å². The van der Waals surface area contributed by atoms with Crippen LogP contribution in [0, 0.1) is 5.82 Å². The molecule has 12 heteroatoms. The molecule has 2 N–H and O–H groups in total. The van der Waals surface area contributed by atoms with Crippen molar-refractivity contribution in [2.75, 3.05) is 44.7 Å². The highest BCUT2D eigenvalue weighted by Crippen LogP contribution is 2.32. The predicted molar refractivity (Wildman–Crippen MR) is 142 cm³/mol. The number of anilines is 2. The maximum absolute atomic E-state index is 14.1. The lowest BCUT2D eigenvalue weighted by Gasteiger charge is -2.27. The van der Waals surface area contributed by atoms with Crippen LogP contribution in [0.25, 0.3) is 22.3 Å². The van der Waals surface area contributed by atoms with Gasteiger partial charge >= 0.3 is 0 Å². The van der Waals surface area contributed by atoms with Gasteiger partial charge in [-0.25, -0.2) is 19.3 Å². The minimum Gasteiger partial charge on any atom is -0.488 e. The number of hydrogen-bond donors (Lipinski definition) is 2. The summed E-state index contributed by atoms with van der Waals surface area (Å²) in [5, 5.41) is 10.9. The van der Waals surface area contributed by atoms with Crippen LogP contribution in [-0.2, 0) is 16.1 Å². The summed E-state index contributed by atoms with van der Waals surface area (Å²) >= 11 is 0. The minimum atomic E-state index is -0.386. The quantitative estimate of drug-likeness (QED) is 0.370. The molecule has 202 valence electrons. The number of rotatable bonds is 7. The van der Waals surface area contributed by atoms with Crippen LogP contribution in [0.2, 0.25) is 0 Å². The summed E-state index contributed by atoms with van der Waals surface area (Å²) in [7, 11) is 0. The first-order valence-corrected chi connectivity index (χ1v) is 13.1. The van der Waals surface area contributed by atoms with Gasteiger partial charge in [-0.3, -0.25) is 9.48 Å². The van der Waals surface area contributed by atoms with Crippen molar-refractivity contribution in [3.63, 3.8) is 0 Å². The van der Waals surface area contributed by atoms with Crippen molar-refractivity contribution in [2.24, 2.45) is 0 Å². The molecular weight excluding hydrogens is 503 g/mol. The molecule has 2 aliphatic heterocycles. The summed E-state index contributed by atoms with van der Waals surface area (Å²) < 4.78 is 27.3. The first-order valence-electron chi connectivity index (χ1n) is 13.1. The molecule has 5 heterocycles. The fourth-order valence-electron chi connectivity index (χ4n) is 4.73. The van der Waals surface area contributed by atoms with Crippen molar-refractivity contribution in [3.8, 4) is 17.0 Å². The Hall–Kier alpha value is -4.16. The number of fused-ring (bicyclic) bond motifs is 1. The molecule has 0 radical (unpaired) electrons. The fourth-order valence-corrected chi connectivity index (χ4v) is 4.73. The fraction of sp³-hybridized carbons (Fsp3) is 0.370. The van der Waals surface area contributed by atoms with E-state index in [1.54, 1.807) is 16.9 Å². The molecule has 2 saturated heterocycles. The molecule has 0 saturated carbocycles. The van der Waals surface area contributed by atoms with Crippen LogP contribution in [0.4, 0.5) is 15.9 Å². The van der Waals surface area contributed by atoms with E-state index in [0.29, 0.717) is 60.3 Å². The number of halogens is 1. The van der Waals surface area contributed by atoms with Gasteiger partial charge in [0.2, 0.25) is 5.91 Å². The van der Waals surface area contributed by atoms with Crippen molar-refractivity contribution in [1.82, 2.24) is 34.9 Å². The lowest BCUT2D eigenvalue weighted by Crippen LogP contribution is -2.47. The molecule has 0 unspecified atom stereocenters. The van der Waals surface area contributed by atoms with Crippen molar-refractivity contribution < 1.29 is 18.7 Å². The summed E-state index contributed by atoms with van der Waals surface area (Å²) in [6.45, 7) is 4.41. The van der Waals surface area contributed by atoms with Gasteiger partial charge in [0.1, 0.15) is 36.1 Å². The molecule has 3 aromatic heterocycles. The molecule has 39 heavy (non-hydrogen) atoms. The summed E-state index contributed by atoms with van der Waals surface area (Å²) in [5.41, 5.74) is 3.20. The predicted octanol–water partition coefficient (Wildman–Crippen LogP) is 2.76. The smallest absolute Gasteiger partial charge is 0.244 e. The highest BCUT2D eigenvalue weighted by molar-refractivity contribution is 5.89. The maximum Gasteiger partial charge on any atom is 0.244 e. The first kappa shape index (κ1) is 25.1. The standard InChI is InChI=1S/C27H29FN8O3/c28-19-1-2-22(24(13-19)39-20-5-11-38-12-6-20)34-27-26-23(30-17-31-27)4-3-21(33-26)18-14-32-36(15-18)16-25(37)35-9-7-29-8-10-35/h1-4,13-15,17,20,29H,5-12,16H2,(H,30,31,34). The van der Waals surface area contributed by atoms with E-state index in [1.807, 2.05) is 23.2 Å². The molecule has 11 nitrogen and oxygen atoms in total. The summed E-state index contributed by atoms with van der Waals surface area (Å²) in [6.07, 6.45) is 6.38. The number of hydrogen-bond acceptors (Lipinski definition) is 9. The molecule has 0 aliphatic carbocycles. The number of benzene rings is 1. The molecule has 0 bridgehead atoms. The lowest BCUT2D eigenvalue weighted by molar-refractivity contribution is -0.132. The Morgan fingerprint density at radius 2 is 2.00 bits per heavy atom. The average molecular weight is 533 g/mol. The number of ether oxygens (including phenoxy) is 2. The van der Waals surface area contributed by atoms with Crippen LogP contribution in [0.3, 0.4) is 0 Å². The van der Waals surface area contributed by atoms with E-state index in [0.717, 1.165) is 31.5 Å². The molecule has 2 aliphatic rings. The number of carbonyl (C=O) groups excluding carboxylic acids is 1. The van der Waals surface area contributed by atoms with Gasteiger partial charge in [0.25, 0.3) is 0 Å². The number of carbonyl (C=O) groups is 1. The number of nitrogens with one attached hydrogen (secondary N) is 2. The number of piperazine rings is 1. The van der Waals surface area contributed by atoms with Gasteiger partial charge < -0.3 is 25.0 Å². The van der Waals surface area contributed by atoms with Gasteiger partial charge in [-0.2, -0.15) is 5.10 Å². The van der Waals surface area contributed by atoms with E-state index < -0.39 is 0 Å². The molecule has 2 fully saturated rings. The van der Waals surface area contributed by atoms with E-state index in [9.17, 15) is 9.18 Å². The third-order valence-electron chi connectivity index (χ3n) is 6.84. The third-order valence-corrected chi connectivity index (χ3v) is 6.84. The Bertz CT molecular complexity index is 1470. The normalized spacial score (nSPS) is 16.4. The molecule has 1 amide bonds. The summed E-state index contributed by atoms with van der Waals surface area (Å²) in [6, 6.07) is 8.09. The molecule has 6 rings (SSSR count). The number of nitrogens with zero attached hydrogens (tertiary/aromatic N) is 6. The van der Waals surface area contributed by atoms with Gasteiger partial charge in [-0.1, -0.05) is 0 Å². The zero-order chi connectivity index (χ0) is 26.6. The number of amides is 1. The Balaban J connectivity index is 1.24. The van der Waals surface area contributed by atoms with Gasteiger partial charge in [-0.15, -0.1) is 0 Å². The van der Waals surface area contributed by atoms with Crippen molar-refractivity contribution >= 4 is 28.4 Å². The van der Waals surface area contributed by atoms with E-state index in [1.165, 1.54) is 18.5 Å². The molecule has 4 aromatic rings. The number of pyridine rings is 1. The van der Waals surface area contributed by atoms with Crippen LogP contribution < -0.4 is 15.4 Å². The minimum absolute atomic E-state index is 0.0376. The molecular formula is C27H29FN8O3. The van der Waals surface area contributed by atoms with Crippen LogP contribution >= 0.6 is 0 Å². The second-order valence-corrected chi connectivity index (χ2v) is 9.54. The van der Waals surface area contributed by atoms with E-state index in [-0.39, 0.29) is 24.4 Å². The van der Waals surface area contributed by atoms with Gasteiger partial charge in [0, 0.05) is 56.8 Å². The van der Waals surface area contributed by atoms with E-state index in [2.05, 4.69) is 25.7 Å². The van der Waals surface area contributed by atoms with Crippen LogP contribution in [0.5, 0.6) is 5.75 Å². The van der Waals surface area contributed by atoms with E-state index >= 15 is 0 Å². The molecule has 1 aromatic carbocycles. The second-order valence-electron chi connectivity index (χ2n) is 9.54.